The van der Waals surface area contributed by atoms with Crippen molar-refractivity contribution >= 4 is 16.9 Å². The highest BCUT2D eigenvalue weighted by Gasteiger charge is 2.25. The minimum atomic E-state index is 0.485. The molecule has 20 heavy (non-hydrogen) atoms. The summed E-state index contributed by atoms with van der Waals surface area (Å²) in [5.74, 6) is 1.36. The number of fused-ring (bicyclic) bond motifs is 1. The average Bonchev–Trinajstić information content (AvgIpc) is 2.61. The molecule has 0 saturated carbocycles. The number of nitrogen functional groups attached to an aromatic ring is 1. The quantitative estimate of drug-likeness (QED) is 0.865. The minimum absolute atomic E-state index is 0.485. The van der Waals surface area contributed by atoms with E-state index < -0.39 is 0 Å². The van der Waals surface area contributed by atoms with E-state index in [2.05, 4.69) is 40.3 Å². The van der Waals surface area contributed by atoms with Crippen LogP contribution in [-0.2, 0) is 0 Å². The number of rotatable bonds is 1. The van der Waals surface area contributed by atoms with E-state index in [9.17, 15) is 0 Å². The van der Waals surface area contributed by atoms with Gasteiger partial charge in [-0.05, 0) is 52.8 Å². The van der Waals surface area contributed by atoms with Gasteiger partial charge < -0.3 is 15.2 Å². The molecule has 2 N–H and O–H groups in total. The number of nitrogens with zero attached hydrogens (tertiary/aromatic N) is 4. The van der Waals surface area contributed by atoms with E-state index in [0.717, 1.165) is 23.4 Å². The Morgan fingerprint density at radius 2 is 1.95 bits per heavy atom. The van der Waals surface area contributed by atoms with Crippen LogP contribution in [0.4, 0.5) is 5.82 Å². The van der Waals surface area contributed by atoms with Gasteiger partial charge in [0.05, 0.1) is 5.39 Å². The molecule has 2 aromatic heterocycles. The second-order valence-corrected chi connectivity index (χ2v) is 5.99. The largest absolute Gasteiger partial charge is 0.383 e. The molecule has 1 aliphatic heterocycles. The topological polar surface area (TPSA) is 60.0 Å². The third-order valence-corrected chi connectivity index (χ3v) is 4.50. The lowest BCUT2D eigenvalue weighted by Gasteiger charge is -2.31. The SMILES string of the molecule is Cc1nc(N)c2c(C)c(C)n(C3CCCN(C)C3)c2n1. The number of likely N-dealkylation sites (N-methyl/N-ethyl adjacent to an activating group) is 1. The monoisotopic (exact) mass is 273 g/mol. The first-order valence-corrected chi connectivity index (χ1v) is 7.28. The number of likely N-dealkylation sites (tertiary alicyclic amines) is 1. The molecule has 0 spiro atoms. The van der Waals surface area contributed by atoms with Gasteiger partial charge in [0.2, 0.25) is 0 Å². The van der Waals surface area contributed by atoms with Crippen molar-refractivity contribution in [1.82, 2.24) is 19.4 Å². The van der Waals surface area contributed by atoms with Gasteiger partial charge in [0.1, 0.15) is 17.3 Å². The van der Waals surface area contributed by atoms with Gasteiger partial charge in [-0.25, -0.2) is 9.97 Å². The van der Waals surface area contributed by atoms with E-state index in [-0.39, 0.29) is 0 Å². The molecule has 0 radical (unpaired) electrons. The summed E-state index contributed by atoms with van der Waals surface area (Å²) < 4.78 is 2.38. The Labute approximate surface area is 119 Å². The molecule has 0 aliphatic carbocycles. The summed E-state index contributed by atoms with van der Waals surface area (Å²) in [7, 11) is 2.19. The van der Waals surface area contributed by atoms with Crippen molar-refractivity contribution in [2.24, 2.45) is 0 Å². The number of aromatic nitrogens is 3. The summed E-state index contributed by atoms with van der Waals surface area (Å²) in [5.41, 5.74) is 9.61. The van der Waals surface area contributed by atoms with Crippen LogP contribution in [0.25, 0.3) is 11.0 Å². The molecule has 5 heteroatoms. The maximum atomic E-state index is 6.12. The third kappa shape index (κ3) is 1.97. The van der Waals surface area contributed by atoms with Crippen molar-refractivity contribution in [3.63, 3.8) is 0 Å². The summed E-state index contributed by atoms with van der Waals surface area (Å²) in [6.45, 7) is 8.46. The number of hydrogen-bond donors (Lipinski definition) is 1. The van der Waals surface area contributed by atoms with Crippen LogP contribution in [0.2, 0.25) is 0 Å². The summed E-state index contributed by atoms with van der Waals surface area (Å²) in [6.07, 6.45) is 2.44. The molecule has 108 valence electrons. The van der Waals surface area contributed by atoms with Gasteiger partial charge in [-0.2, -0.15) is 0 Å². The highest BCUT2D eigenvalue weighted by molar-refractivity contribution is 5.91. The first-order valence-electron chi connectivity index (χ1n) is 7.28. The summed E-state index contributed by atoms with van der Waals surface area (Å²) in [6, 6.07) is 0.485. The molecular formula is C15H23N5. The van der Waals surface area contributed by atoms with Crippen LogP contribution in [0.1, 0.15) is 36.0 Å². The molecule has 3 heterocycles. The molecule has 1 unspecified atom stereocenters. The smallest absolute Gasteiger partial charge is 0.146 e. The van der Waals surface area contributed by atoms with Crippen LogP contribution in [0, 0.1) is 20.8 Å². The van der Waals surface area contributed by atoms with Gasteiger partial charge in [-0.1, -0.05) is 0 Å². The molecule has 1 fully saturated rings. The zero-order valence-electron chi connectivity index (χ0n) is 12.8. The van der Waals surface area contributed by atoms with Crippen molar-refractivity contribution in [3.05, 3.63) is 17.1 Å². The summed E-state index contributed by atoms with van der Waals surface area (Å²) >= 11 is 0. The molecule has 0 amide bonds. The number of anilines is 1. The number of piperidine rings is 1. The zero-order chi connectivity index (χ0) is 14.4. The standard InChI is InChI=1S/C15H23N5/c1-9-10(2)20(12-6-5-7-19(4)8-12)15-13(9)14(16)17-11(3)18-15/h12H,5-8H2,1-4H3,(H2,16,17,18). The maximum Gasteiger partial charge on any atom is 0.146 e. The van der Waals surface area contributed by atoms with Crippen molar-refractivity contribution in [2.75, 3.05) is 25.9 Å². The second kappa shape index (κ2) is 4.74. The first kappa shape index (κ1) is 13.4. The Hall–Kier alpha value is -1.62. The highest BCUT2D eigenvalue weighted by atomic mass is 15.2. The zero-order valence-corrected chi connectivity index (χ0v) is 12.8. The Bertz CT molecular complexity index is 658. The highest BCUT2D eigenvalue weighted by Crippen LogP contribution is 2.33. The summed E-state index contributed by atoms with van der Waals surface area (Å²) in [4.78, 5) is 11.4. The molecule has 0 bridgehead atoms. The number of aryl methyl sites for hydroxylation is 2. The fraction of sp³-hybridized carbons (Fsp3) is 0.600. The molecule has 1 saturated heterocycles. The van der Waals surface area contributed by atoms with E-state index >= 15 is 0 Å². The number of nitrogens with two attached hydrogens (primary N) is 1. The molecule has 0 aromatic carbocycles. The normalized spacial score (nSPS) is 20.7. The molecule has 2 aromatic rings. The minimum Gasteiger partial charge on any atom is -0.383 e. The Kier molecular flexibility index (Phi) is 3.17. The molecule has 3 rings (SSSR count). The maximum absolute atomic E-state index is 6.12. The van der Waals surface area contributed by atoms with Crippen molar-refractivity contribution in [1.29, 1.82) is 0 Å². The lowest BCUT2D eigenvalue weighted by Crippen LogP contribution is -2.34. The Balaban J connectivity index is 2.22. The van der Waals surface area contributed by atoms with Gasteiger partial charge in [-0.15, -0.1) is 0 Å². The third-order valence-electron chi connectivity index (χ3n) is 4.50. The van der Waals surface area contributed by atoms with Gasteiger partial charge in [0.15, 0.2) is 0 Å². The van der Waals surface area contributed by atoms with Gasteiger partial charge in [0, 0.05) is 18.3 Å². The van der Waals surface area contributed by atoms with Crippen molar-refractivity contribution < 1.29 is 0 Å². The van der Waals surface area contributed by atoms with Crippen LogP contribution < -0.4 is 5.73 Å². The van der Waals surface area contributed by atoms with Gasteiger partial charge in [0.25, 0.3) is 0 Å². The Morgan fingerprint density at radius 1 is 1.20 bits per heavy atom. The lowest BCUT2D eigenvalue weighted by molar-refractivity contribution is 0.213. The predicted octanol–water partition coefficient (Wildman–Crippen LogP) is 2.21. The lowest BCUT2D eigenvalue weighted by atomic mass is 10.1. The second-order valence-electron chi connectivity index (χ2n) is 5.99. The predicted molar refractivity (Wildman–Crippen MR) is 81.9 cm³/mol. The van der Waals surface area contributed by atoms with Gasteiger partial charge in [-0.3, -0.25) is 0 Å². The van der Waals surface area contributed by atoms with Crippen LogP contribution in [0.3, 0.4) is 0 Å². The van der Waals surface area contributed by atoms with E-state index in [1.807, 2.05) is 6.92 Å². The average molecular weight is 273 g/mol. The fourth-order valence-corrected chi connectivity index (χ4v) is 3.43. The van der Waals surface area contributed by atoms with Crippen molar-refractivity contribution in [2.45, 2.75) is 39.7 Å². The summed E-state index contributed by atoms with van der Waals surface area (Å²) in [5, 5.41) is 1.03. The van der Waals surface area contributed by atoms with E-state index in [0.29, 0.717) is 11.9 Å². The van der Waals surface area contributed by atoms with Crippen LogP contribution in [-0.4, -0.2) is 39.6 Å². The van der Waals surface area contributed by atoms with Crippen LogP contribution in [0.15, 0.2) is 0 Å². The molecule has 1 atom stereocenters. The van der Waals surface area contributed by atoms with Crippen LogP contribution in [0.5, 0.6) is 0 Å². The van der Waals surface area contributed by atoms with E-state index in [1.54, 1.807) is 0 Å². The molecular weight excluding hydrogens is 250 g/mol. The molecule has 1 aliphatic rings. The fourth-order valence-electron chi connectivity index (χ4n) is 3.43. The molecule has 5 nitrogen and oxygen atoms in total. The van der Waals surface area contributed by atoms with Crippen LogP contribution >= 0.6 is 0 Å². The van der Waals surface area contributed by atoms with Crippen molar-refractivity contribution in [3.8, 4) is 0 Å². The Morgan fingerprint density at radius 3 is 2.65 bits per heavy atom. The first-order chi connectivity index (χ1) is 9.49. The van der Waals surface area contributed by atoms with Gasteiger partial charge >= 0.3 is 0 Å². The number of hydrogen-bond acceptors (Lipinski definition) is 4. The van der Waals surface area contributed by atoms with E-state index in [4.69, 9.17) is 5.73 Å². The van der Waals surface area contributed by atoms with E-state index in [1.165, 1.54) is 30.6 Å².